The zero-order valence-electron chi connectivity index (χ0n) is 15.1. The van der Waals surface area contributed by atoms with Gasteiger partial charge in [-0.25, -0.2) is 0 Å². The lowest BCUT2D eigenvalue weighted by molar-refractivity contribution is -0.122. The third-order valence-corrected chi connectivity index (χ3v) is 4.15. The van der Waals surface area contributed by atoms with E-state index in [4.69, 9.17) is 20.8 Å². The maximum absolute atomic E-state index is 12.5. The fourth-order valence-corrected chi connectivity index (χ4v) is 2.68. The van der Waals surface area contributed by atoms with E-state index in [0.717, 1.165) is 0 Å². The number of ether oxygens (including phenoxy) is 1. The van der Waals surface area contributed by atoms with Gasteiger partial charge in [0, 0.05) is 5.02 Å². The third kappa shape index (κ3) is 5.14. The van der Waals surface area contributed by atoms with Gasteiger partial charge in [0.25, 0.3) is 11.8 Å². The highest BCUT2D eigenvalue weighted by Crippen LogP contribution is 2.20. The van der Waals surface area contributed by atoms with Crippen molar-refractivity contribution in [3.63, 3.8) is 0 Å². The minimum absolute atomic E-state index is 0.252. The van der Waals surface area contributed by atoms with Gasteiger partial charge in [-0.05, 0) is 49.4 Å². The summed E-state index contributed by atoms with van der Waals surface area (Å²) in [6.07, 6.45) is 0.759. The lowest BCUT2D eigenvalue weighted by Crippen LogP contribution is -2.31. The minimum Gasteiger partial charge on any atom is -0.481 e. The number of furan rings is 1. The number of anilines is 1. The Morgan fingerprint density at radius 2 is 1.93 bits per heavy atom. The molecule has 144 valence electrons. The van der Waals surface area contributed by atoms with Crippen molar-refractivity contribution >= 4 is 29.1 Å². The van der Waals surface area contributed by atoms with Crippen LogP contribution in [0.4, 0.5) is 5.69 Å². The predicted octanol–water partition coefficient (Wildman–Crippen LogP) is 4.27. The Balaban J connectivity index is 1.64. The van der Waals surface area contributed by atoms with Gasteiger partial charge in [-0.3, -0.25) is 9.59 Å². The van der Waals surface area contributed by atoms with Crippen molar-refractivity contribution < 1.29 is 18.7 Å². The van der Waals surface area contributed by atoms with Crippen LogP contribution in [-0.2, 0) is 11.3 Å². The summed E-state index contributed by atoms with van der Waals surface area (Å²) >= 11 is 5.93. The van der Waals surface area contributed by atoms with E-state index in [-0.39, 0.29) is 18.4 Å². The zero-order valence-corrected chi connectivity index (χ0v) is 15.9. The third-order valence-electron chi connectivity index (χ3n) is 3.91. The van der Waals surface area contributed by atoms with Gasteiger partial charge in [0.05, 0.1) is 24.1 Å². The summed E-state index contributed by atoms with van der Waals surface area (Å²) in [5, 5.41) is 6.02. The number of carbonyl (C=O) groups excluding carboxylic acids is 2. The molecule has 0 aliphatic carbocycles. The van der Waals surface area contributed by atoms with E-state index in [1.165, 1.54) is 6.26 Å². The van der Waals surface area contributed by atoms with Crippen LogP contribution in [0, 0.1) is 0 Å². The molecule has 0 aliphatic heterocycles. The number of benzene rings is 2. The molecule has 2 aromatic carbocycles. The van der Waals surface area contributed by atoms with E-state index >= 15 is 0 Å². The lowest BCUT2D eigenvalue weighted by atomic mass is 10.1. The van der Waals surface area contributed by atoms with Gasteiger partial charge in [0.2, 0.25) is 0 Å². The molecule has 0 aliphatic rings. The number of amides is 2. The van der Waals surface area contributed by atoms with Crippen molar-refractivity contribution in [2.45, 2.75) is 19.6 Å². The molecule has 1 heterocycles. The van der Waals surface area contributed by atoms with E-state index in [2.05, 4.69) is 10.6 Å². The van der Waals surface area contributed by atoms with E-state index in [1.807, 2.05) is 0 Å². The molecule has 28 heavy (non-hydrogen) atoms. The molecule has 3 rings (SSSR count). The zero-order chi connectivity index (χ0) is 19.9. The van der Waals surface area contributed by atoms with Crippen molar-refractivity contribution in [2.24, 2.45) is 0 Å². The molecule has 6 nitrogen and oxygen atoms in total. The van der Waals surface area contributed by atoms with Crippen molar-refractivity contribution in [1.29, 1.82) is 0 Å². The molecule has 7 heteroatoms. The van der Waals surface area contributed by atoms with Gasteiger partial charge in [-0.2, -0.15) is 0 Å². The predicted molar refractivity (Wildman–Crippen MR) is 106 cm³/mol. The Kier molecular flexibility index (Phi) is 6.34. The molecule has 0 fully saturated rings. The van der Waals surface area contributed by atoms with E-state index in [1.54, 1.807) is 67.6 Å². The van der Waals surface area contributed by atoms with Gasteiger partial charge < -0.3 is 19.8 Å². The maximum Gasteiger partial charge on any atom is 0.265 e. The highest BCUT2D eigenvalue weighted by Gasteiger charge is 2.18. The van der Waals surface area contributed by atoms with Crippen molar-refractivity contribution in [3.05, 3.63) is 83.3 Å². The number of rotatable bonds is 7. The van der Waals surface area contributed by atoms with Crippen LogP contribution in [0.3, 0.4) is 0 Å². The van der Waals surface area contributed by atoms with Crippen LogP contribution in [0.2, 0.25) is 5.02 Å². The summed E-state index contributed by atoms with van der Waals surface area (Å²) in [4.78, 5) is 25.0. The molecule has 0 saturated heterocycles. The maximum atomic E-state index is 12.5. The molecular weight excluding hydrogens is 380 g/mol. The molecule has 1 atom stereocenters. The molecule has 1 aromatic heterocycles. The Labute approximate surface area is 167 Å². The topological polar surface area (TPSA) is 80.6 Å². The molecular formula is C21H19ClN2O4. The van der Waals surface area contributed by atoms with Gasteiger partial charge in [-0.15, -0.1) is 0 Å². The van der Waals surface area contributed by atoms with Gasteiger partial charge in [-0.1, -0.05) is 29.8 Å². The number of halogens is 1. The second-order valence-corrected chi connectivity index (χ2v) is 6.45. The van der Waals surface area contributed by atoms with Crippen LogP contribution in [0.15, 0.2) is 71.3 Å². The van der Waals surface area contributed by atoms with Gasteiger partial charge in [0.15, 0.2) is 6.10 Å². The standard InChI is InChI=1S/C21H19ClN2O4/c1-14(28-16-7-4-6-15(22)12-16)20(25)24-19-10-3-2-9-18(19)21(26)23-13-17-8-5-11-27-17/h2-12,14H,13H2,1H3,(H,23,26)(H,24,25)/t14-/m1/s1. The quantitative estimate of drug-likeness (QED) is 0.622. The molecule has 3 aromatic rings. The fourth-order valence-electron chi connectivity index (χ4n) is 2.50. The minimum atomic E-state index is -0.780. The smallest absolute Gasteiger partial charge is 0.265 e. The summed E-state index contributed by atoms with van der Waals surface area (Å²) < 4.78 is 10.8. The summed E-state index contributed by atoms with van der Waals surface area (Å²) in [5.41, 5.74) is 0.739. The normalized spacial score (nSPS) is 11.5. The average Bonchev–Trinajstić information content (AvgIpc) is 3.20. The first-order valence-corrected chi connectivity index (χ1v) is 9.03. The Morgan fingerprint density at radius 1 is 1.11 bits per heavy atom. The van der Waals surface area contributed by atoms with Crippen LogP contribution in [0.25, 0.3) is 0 Å². The first kappa shape index (κ1) is 19.5. The molecule has 0 saturated carbocycles. The average molecular weight is 399 g/mol. The Hall–Kier alpha value is -3.25. The highest BCUT2D eigenvalue weighted by molar-refractivity contribution is 6.30. The Morgan fingerprint density at radius 3 is 2.68 bits per heavy atom. The van der Waals surface area contributed by atoms with Crippen molar-refractivity contribution in [1.82, 2.24) is 5.32 Å². The molecule has 0 radical (unpaired) electrons. The van der Waals surface area contributed by atoms with E-state index < -0.39 is 6.10 Å². The fraction of sp³-hybridized carbons (Fsp3) is 0.143. The lowest BCUT2D eigenvalue weighted by Gasteiger charge is -2.16. The largest absolute Gasteiger partial charge is 0.481 e. The first-order chi connectivity index (χ1) is 13.5. The van der Waals surface area contributed by atoms with Crippen molar-refractivity contribution in [2.75, 3.05) is 5.32 Å². The summed E-state index contributed by atoms with van der Waals surface area (Å²) in [6, 6.07) is 17.1. The summed E-state index contributed by atoms with van der Waals surface area (Å²) in [7, 11) is 0. The number of nitrogens with one attached hydrogen (secondary N) is 2. The molecule has 2 N–H and O–H groups in total. The highest BCUT2D eigenvalue weighted by atomic mass is 35.5. The van der Waals surface area contributed by atoms with Gasteiger partial charge >= 0.3 is 0 Å². The first-order valence-electron chi connectivity index (χ1n) is 8.65. The SMILES string of the molecule is C[C@@H](Oc1cccc(Cl)c1)C(=O)Nc1ccccc1C(=O)NCc1ccco1. The monoisotopic (exact) mass is 398 g/mol. The van der Waals surface area contributed by atoms with Gasteiger partial charge in [0.1, 0.15) is 11.5 Å². The van der Waals surface area contributed by atoms with Crippen LogP contribution >= 0.6 is 11.6 Å². The number of hydrogen-bond donors (Lipinski definition) is 2. The Bertz CT molecular complexity index is 957. The van der Waals surface area contributed by atoms with Crippen LogP contribution in [0.1, 0.15) is 23.0 Å². The molecule has 0 spiro atoms. The summed E-state index contributed by atoms with van der Waals surface area (Å²) in [5.74, 6) is 0.417. The van der Waals surface area contributed by atoms with Crippen LogP contribution in [0.5, 0.6) is 5.75 Å². The number of hydrogen-bond acceptors (Lipinski definition) is 4. The number of carbonyl (C=O) groups is 2. The van der Waals surface area contributed by atoms with Crippen LogP contribution < -0.4 is 15.4 Å². The van der Waals surface area contributed by atoms with Crippen LogP contribution in [-0.4, -0.2) is 17.9 Å². The van der Waals surface area contributed by atoms with E-state index in [0.29, 0.717) is 27.8 Å². The summed E-state index contributed by atoms with van der Waals surface area (Å²) in [6.45, 7) is 1.87. The molecule has 0 unspecified atom stereocenters. The van der Waals surface area contributed by atoms with Crippen molar-refractivity contribution in [3.8, 4) is 5.75 Å². The van der Waals surface area contributed by atoms with E-state index in [9.17, 15) is 9.59 Å². The molecule has 0 bridgehead atoms. The number of para-hydroxylation sites is 1. The second-order valence-electron chi connectivity index (χ2n) is 6.01. The molecule has 2 amide bonds. The second kappa shape index (κ2) is 9.10.